The van der Waals surface area contributed by atoms with Crippen LogP contribution < -0.4 is 5.32 Å². The zero-order valence-corrected chi connectivity index (χ0v) is 11.6. The largest absolute Gasteiger partial charge is 0.382 e. The van der Waals surface area contributed by atoms with E-state index in [-0.39, 0.29) is 0 Å². The molecule has 0 aromatic carbocycles. The second-order valence-electron chi connectivity index (χ2n) is 4.80. The van der Waals surface area contributed by atoms with Crippen molar-refractivity contribution < 1.29 is 4.74 Å². The second-order valence-corrected chi connectivity index (χ2v) is 4.80. The van der Waals surface area contributed by atoms with Crippen molar-refractivity contribution in [1.29, 1.82) is 0 Å². The normalized spacial score (nSPS) is 18.7. The van der Waals surface area contributed by atoms with Gasteiger partial charge in [-0.15, -0.1) is 0 Å². The Morgan fingerprint density at radius 3 is 2.47 bits per heavy atom. The lowest BCUT2D eigenvalue weighted by molar-refractivity contribution is 0.143. The minimum Gasteiger partial charge on any atom is -0.382 e. The molecular formula is C13H29N3O. The Kier molecular flexibility index (Phi) is 8.61. The maximum Gasteiger partial charge on any atom is 0.0477 e. The summed E-state index contributed by atoms with van der Waals surface area (Å²) in [5.74, 6) is 0. The van der Waals surface area contributed by atoms with Crippen molar-refractivity contribution in [2.24, 2.45) is 0 Å². The van der Waals surface area contributed by atoms with Gasteiger partial charge in [-0.1, -0.05) is 0 Å². The molecule has 0 bridgehead atoms. The Morgan fingerprint density at radius 1 is 1.06 bits per heavy atom. The monoisotopic (exact) mass is 243 g/mol. The molecule has 0 aromatic rings. The third kappa shape index (κ3) is 7.71. The summed E-state index contributed by atoms with van der Waals surface area (Å²) >= 11 is 0. The molecule has 1 fully saturated rings. The SMILES string of the molecule is CCOCCCNCCCN1CCN(C)CC1. The molecule has 17 heavy (non-hydrogen) atoms. The van der Waals surface area contributed by atoms with E-state index < -0.39 is 0 Å². The summed E-state index contributed by atoms with van der Waals surface area (Å²) in [5, 5.41) is 3.48. The molecule has 0 saturated carbocycles. The Morgan fingerprint density at radius 2 is 1.76 bits per heavy atom. The van der Waals surface area contributed by atoms with Crippen LogP contribution in [0.4, 0.5) is 0 Å². The standard InChI is InChI=1S/C13H29N3O/c1-3-17-13-5-7-14-6-4-8-16-11-9-15(2)10-12-16/h14H,3-13H2,1-2H3. The second kappa shape index (κ2) is 9.83. The van der Waals surface area contributed by atoms with E-state index in [1.54, 1.807) is 0 Å². The average Bonchev–Trinajstić information content (AvgIpc) is 2.35. The van der Waals surface area contributed by atoms with Gasteiger partial charge in [-0.2, -0.15) is 0 Å². The first-order valence-electron chi connectivity index (χ1n) is 7.02. The van der Waals surface area contributed by atoms with Crippen LogP contribution in [-0.4, -0.2) is 75.9 Å². The van der Waals surface area contributed by atoms with E-state index in [9.17, 15) is 0 Å². The van der Waals surface area contributed by atoms with Crippen LogP contribution >= 0.6 is 0 Å². The summed E-state index contributed by atoms with van der Waals surface area (Å²) < 4.78 is 5.29. The van der Waals surface area contributed by atoms with Crippen LogP contribution in [0.3, 0.4) is 0 Å². The first kappa shape index (κ1) is 14.9. The summed E-state index contributed by atoms with van der Waals surface area (Å²) in [6, 6.07) is 0. The van der Waals surface area contributed by atoms with Gasteiger partial charge in [0.15, 0.2) is 0 Å². The number of nitrogens with one attached hydrogen (secondary N) is 1. The number of hydrogen-bond acceptors (Lipinski definition) is 4. The van der Waals surface area contributed by atoms with Crippen molar-refractivity contribution in [2.45, 2.75) is 19.8 Å². The lowest BCUT2D eigenvalue weighted by Crippen LogP contribution is -2.45. The minimum absolute atomic E-state index is 0.837. The van der Waals surface area contributed by atoms with Gasteiger partial charge in [-0.05, 0) is 46.4 Å². The van der Waals surface area contributed by atoms with Gasteiger partial charge in [-0.3, -0.25) is 0 Å². The predicted octanol–water partition coefficient (Wildman–Crippen LogP) is 0.640. The smallest absolute Gasteiger partial charge is 0.0477 e. The van der Waals surface area contributed by atoms with Gasteiger partial charge in [-0.25, -0.2) is 0 Å². The molecule has 0 amide bonds. The predicted molar refractivity (Wildman–Crippen MR) is 72.5 cm³/mol. The van der Waals surface area contributed by atoms with Crippen LogP contribution in [-0.2, 0) is 4.74 Å². The van der Waals surface area contributed by atoms with Gasteiger partial charge in [0.25, 0.3) is 0 Å². The topological polar surface area (TPSA) is 27.7 Å². The van der Waals surface area contributed by atoms with Crippen LogP contribution in [0.5, 0.6) is 0 Å². The Balaban J connectivity index is 1.81. The van der Waals surface area contributed by atoms with E-state index in [0.29, 0.717) is 0 Å². The van der Waals surface area contributed by atoms with Crippen molar-refractivity contribution in [1.82, 2.24) is 15.1 Å². The molecule has 4 heteroatoms. The fourth-order valence-corrected chi connectivity index (χ4v) is 2.07. The van der Waals surface area contributed by atoms with Gasteiger partial charge in [0, 0.05) is 39.4 Å². The molecular weight excluding hydrogens is 214 g/mol. The molecule has 0 aromatic heterocycles. The molecule has 4 nitrogen and oxygen atoms in total. The molecule has 0 atom stereocenters. The summed E-state index contributed by atoms with van der Waals surface area (Å²) in [5.41, 5.74) is 0. The summed E-state index contributed by atoms with van der Waals surface area (Å²) in [6.45, 7) is 12.2. The molecule has 1 heterocycles. The van der Waals surface area contributed by atoms with Gasteiger partial charge >= 0.3 is 0 Å². The number of rotatable bonds is 9. The lowest BCUT2D eigenvalue weighted by Gasteiger charge is -2.32. The molecule has 0 aliphatic carbocycles. The number of ether oxygens (including phenoxy) is 1. The maximum absolute atomic E-state index is 5.29. The summed E-state index contributed by atoms with van der Waals surface area (Å²) in [7, 11) is 2.21. The molecule has 1 rings (SSSR count). The van der Waals surface area contributed by atoms with Crippen LogP contribution in [0.2, 0.25) is 0 Å². The lowest BCUT2D eigenvalue weighted by atomic mass is 10.3. The third-order valence-electron chi connectivity index (χ3n) is 3.27. The zero-order valence-electron chi connectivity index (χ0n) is 11.6. The fourth-order valence-electron chi connectivity index (χ4n) is 2.07. The summed E-state index contributed by atoms with van der Waals surface area (Å²) in [6.07, 6.45) is 2.39. The first-order valence-corrected chi connectivity index (χ1v) is 7.02. The van der Waals surface area contributed by atoms with Gasteiger partial charge < -0.3 is 19.9 Å². The number of nitrogens with zero attached hydrogens (tertiary/aromatic N) is 2. The Hall–Kier alpha value is -0.160. The highest BCUT2D eigenvalue weighted by Crippen LogP contribution is 1.99. The maximum atomic E-state index is 5.29. The molecule has 102 valence electrons. The highest BCUT2D eigenvalue weighted by Gasteiger charge is 2.12. The highest BCUT2D eigenvalue weighted by atomic mass is 16.5. The van der Waals surface area contributed by atoms with E-state index in [4.69, 9.17) is 4.74 Å². The number of likely N-dealkylation sites (N-methyl/N-ethyl adjacent to an activating group) is 1. The molecule has 1 N–H and O–H groups in total. The van der Waals surface area contributed by atoms with Crippen LogP contribution in [0.1, 0.15) is 19.8 Å². The van der Waals surface area contributed by atoms with E-state index in [2.05, 4.69) is 22.2 Å². The van der Waals surface area contributed by atoms with E-state index in [0.717, 1.165) is 32.7 Å². The fraction of sp³-hybridized carbons (Fsp3) is 1.00. The van der Waals surface area contributed by atoms with Gasteiger partial charge in [0.2, 0.25) is 0 Å². The quantitative estimate of drug-likeness (QED) is 0.602. The number of piperazine rings is 1. The van der Waals surface area contributed by atoms with Gasteiger partial charge in [0.05, 0.1) is 0 Å². The molecule has 1 saturated heterocycles. The summed E-state index contributed by atoms with van der Waals surface area (Å²) in [4.78, 5) is 4.98. The molecule has 1 aliphatic rings. The van der Waals surface area contributed by atoms with E-state index in [1.807, 2.05) is 6.92 Å². The minimum atomic E-state index is 0.837. The van der Waals surface area contributed by atoms with Crippen LogP contribution in [0.15, 0.2) is 0 Å². The van der Waals surface area contributed by atoms with Crippen molar-refractivity contribution in [3.05, 3.63) is 0 Å². The van der Waals surface area contributed by atoms with E-state index in [1.165, 1.54) is 39.1 Å². The van der Waals surface area contributed by atoms with Crippen molar-refractivity contribution in [3.8, 4) is 0 Å². The Labute approximate surface area is 106 Å². The van der Waals surface area contributed by atoms with Crippen molar-refractivity contribution in [3.63, 3.8) is 0 Å². The van der Waals surface area contributed by atoms with Crippen molar-refractivity contribution >= 4 is 0 Å². The van der Waals surface area contributed by atoms with Crippen molar-refractivity contribution in [2.75, 3.05) is 66.1 Å². The van der Waals surface area contributed by atoms with E-state index >= 15 is 0 Å². The van der Waals surface area contributed by atoms with Gasteiger partial charge in [0.1, 0.15) is 0 Å². The molecule has 1 aliphatic heterocycles. The molecule has 0 spiro atoms. The van der Waals surface area contributed by atoms with Crippen LogP contribution in [0, 0.1) is 0 Å². The highest BCUT2D eigenvalue weighted by molar-refractivity contribution is 4.69. The molecule has 0 unspecified atom stereocenters. The van der Waals surface area contributed by atoms with Crippen LogP contribution in [0.25, 0.3) is 0 Å². The third-order valence-corrected chi connectivity index (χ3v) is 3.27. The Bertz CT molecular complexity index is 170. The zero-order chi connectivity index (χ0) is 12.3. The number of hydrogen-bond donors (Lipinski definition) is 1. The first-order chi connectivity index (χ1) is 8.33. The molecule has 0 radical (unpaired) electrons. The average molecular weight is 243 g/mol.